The van der Waals surface area contributed by atoms with Gasteiger partial charge in [0.1, 0.15) is 0 Å². The summed E-state index contributed by atoms with van der Waals surface area (Å²) in [6, 6.07) is 10.5. The largest absolute Gasteiger partial charge is 0.282 e. The van der Waals surface area contributed by atoms with Crippen LogP contribution < -0.4 is 9.44 Å². The highest BCUT2D eigenvalue weighted by atomic mass is 35.5. The number of para-hydroxylation sites is 2. The first-order valence-electron chi connectivity index (χ1n) is 6.44. The van der Waals surface area contributed by atoms with E-state index in [2.05, 4.69) is 9.44 Å². The van der Waals surface area contributed by atoms with Crippen LogP contribution in [0.25, 0.3) is 0 Å². The van der Waals surface area contributed by atoms with Crippen molar-refractivity contribution in [2.24, 2.45) is 0 Å². The molecule has 0 radical (unpaired) electrons. The third-order valence-electron chi connectivity index (χ3n) is 2.92. The Labute approximate surface area is 140 Å². The van der Waals surface area contributed by atoms with Gasteiger partial charge < -0.3 is 0 Å². The van der Waals surface area contributed by atoms with Crippen molar-refractivity contribution in [3.05, 3.63) is 53.1 Å². The minimum Gasteiger partial charge on any atom is -0.282 e. The van der Waals surface area contributed by atoms with Crippen LogP contribution in [0.2, 0.25) is 5.02 Å². The summed E-state index contributed by atoms with van der Waals surface area (Å²) in [7, 11) is -7.44. The molecule has 0 aliphatic rings. The molecular weight excluding hydrogens is 360 g/mol. The first-order valence-corrected chi connectivity index (χ1v) is 10.2. The maximum absolute atomic E-state index is 12.4. The lowest BCUT2D eigenvalue weighted by Crippen LogP contribution is -2.16. The number of hydrogen-bond acceptors (Lipinski definition) is 4. The van der Waals surface area contributed by atoms with Crippen LogP contribution in [0.3, 0.4) is 0 Å². The van der Waals surface area contributed by atoms with Gasteiger partial charge in [0, 0.05) is 5.02 Å². The molecule has 0 heterocycles. The number of aryl methyl sites for hydroxylation is 1. The minimum atomic E-state index is -3.90. The normalized spacial score (nSPS) is 12.0. The summed E-state index contributed by atoms with van der Waals surface area (Å²) in [5, 5.41) is 0.329. The van der Waals surface area contributed by atoms with Gasteiger partial charge in [-0.3, -0.25) is 9.44 Å². The Morgan fingerprint density at radius 3 is 2.00 bits per heavy atom. The lowest BCUT2D eigenvalue weighted by Gasteiger charge is -2.13. The van der Waals surface area contributed by atoms with E-state index in [1.54, 1.807) is 25.1 Å². The fourth-order valence-corrected chi connectivity index (χ4v) is 3.73. The van der Waals surface area contributed by atoms with Crippen LogP contribution in [0.1, 0.15) is 5.56 Å². The summed E-state index contributed by atoms with van der Waals surface area (Å²) >= 11 is 5.96. The van der Waals surface area contributed by atoms with Crippen molar-refractivity contribution in [3.63, 3.8) is 0 Å². The van der Waals surface area contributed by atoms with Crippen LogP contribution in [0.5, 0.6) is 0 Å². The Hall–Kier alpha value is -1.77. The van der Waals surface area contributed by atoms with Gasteiger partial charge >= 0.3 is 0 Å². The molecule has 0 aliphatic carbocycles. The number of rotatable bonds is 5. The van der Waals surface area contributed by atoms with Crippen LogP contribution in [-0.2, 0) is 20.0 Å². The van der Waals surface area contributed by atoms with E-state index in [0.717, 1.165) is 11.8 Å². The molecule has 0 fully saturated rings. The molecule has 0 spiro atoms. The molecule has 2 aromatic rings. The van der Waals surface area contributed by atoms with Crippen LogP contribution in [0.4, 0.5) is 11.4 Å². The lowest BCUT2D eigenvalue weighted by atomic mass is 10.2. The number of benzene rings is 2. The molecule has 0 unspecified atom stereocenters. The maximum Gasteiger partial charge on any atom is 0.262 e. The van der Waals surface area contributed by atoms with Crippen LogP contribution in [0.15, 0.2) is 47.4 Å². The number of hydrogen-bond donors (Lipinski definition) is 2. The van der Waals surface area contributed by atoms with Gasteiger partial charge in [-0.25, -0.2) is 16.8 Å². The van der Waals surface area contributed by atoms with Gasteiger partial charge in [0.15, 0.2) is 0 Å². The zero-order valence-electron chi connectivity index (χ0n) is 12.4. The van der Waals surface area contributed by atoms with E-state index in [4.69, 9.17) is 11.6 Å². The second-order valence-electron chi connectivity index (χ2n) is 4.94. The fraction of sp³-hybridized carbons (Fsp3) is 0.143. The van der Waals surface area contributed by atoms with E-state index in [-0.39, 0.29) is 16.3 Å². The molecule has 0 amide bonds. The van der Waals surface area contributed by atoms with E-state index in [1.807, 2.05) is 0 Å². The third kappa shape index (κ3) is 4.60. The summed E-state index contributed by atoms with van der Waals surface area (Å²) in [6.07, 6.45) is 0.984. The van der Waals surface area contributed by atoms with E-state index in [0.29, 0.717) is 5.02 Å². The monoisotopic (exact) mass is 374 g/mol. The molecule has 2 aromatic carbocycles. The van der Waals surface area contributed by atoms with Crippen molar-refractivity contribution in [3.8, 4) is 0 Å². The minimum absolute atomic E-state index is 0.0118. The van der Waals surface area contributed by atoms with Gasteiger partial charge in [0.05, 0.1) is 22.5 Å². The van der Waals surface area contributed by atoms with Gasteiger partial charge in [0.25, 0.3) is 10.0 Å². The average molecular weight is 375 g/mol. The second kappa shape index (κ2) is 6.38. The standard InChI is InChI=1S/C14H15ClN2O4S2/c1-10-7-8-11(9-12(10)15)23(20,21)17-14-6-4-3-5-13(14)16-22(2,18)19/h3-9,16-17H,1-2H3. The predicted octanol–water partition coefficient (Wildman–Crippen LogP) is 2.82. The van der Waals surface area contributed by atoms with Gasteiger partial charge in [-0.15, -0.1) is 0 Å². The smallest absolute Gasteiger partial charge is 0.262 e. The van der Waals surface area contributed by atoms with Crippen molar-refractivity contribution >= 4 is 43.0 Å². The number of nitrogens with one attached hydrogen (secondary N) is 2. The number of sulfonamides is 2. The molecule has 9 heteroatoms. The van der Waals surface area contributed by atoms with Gasteiger partial charge in [-0.1, -0.05) is 29.8 Å². The molecule has 0 saturated heterocycles. The molecule has 0 aromatic heterocycles. The first kappa shape index (κ1) is 17.6. The molecule has 0 aliphatic heterocycles. The first-order chi connectivity index (χ1) is 10.6. The summed E-state index contributed by atoms with van der Waals surface area (Å²) in [5.41, 5.74) is 1.01. The van der Waals surface area contributed by atoms with Crippen LogP contribution in [-0.4, -0.2) is 23.1 Å². The van der Waals surface area contributed by atoms with Gasteiger partial charge in [-0.2, -0.15) is 0 Å². The van der Waals surface area contributed by atoms with Gasteiger partial charge in [-0.05, 0) is 36.8 Å². The van der Waals surface area contributed by atoms with Crippen molar-refractivity contribution in [2.75, 3.05) is 15.7 Å². The fourth-order valence-electron chi connectivity index (χ4n) is 1.81. The Kier molecular flexibility index (Phi) is 4.88. The van der Waals surface area contributed by atoms with E-state index >= 15 is 0 Å². The molecule has 0 saturated carbocycles. The molecular formula is C14H15ClN2O4S2. The third-order valence-corrected chi connectivity index (χ3v) is 5.28. The maximum atomic E-state index is 12.4. The highest BCUT2D eigenvalue weighted by molar-refractivity contribution is 7.93. The Morgan fingerprint density at radius 2 is 1.48 bits per heavy atom. The quantitative estimate of drug-likeness (QED) is 0.841. The molecule has 2 N–H and O–H groups in total. The summed E-state index contributed by atoms with van der Waals surface area (Å²) in [4.78, 5) is -0.0118. The Bertz CT molecular complexity index is 941. The van der Waals surface area contributed by atoms with Crippen molar-refractivity contribution in [2.45, 2.75) is 11.8 Å². The predicted molar refractivity (Wildman–Crippen MR) is 91.9 cm³/mol. The Morgan fingerprint density at radius 1 is 0.913 bits per heavy atom. The molecule has 0 bridgehead atoms. The zero-order valence-corrected chi connectivity index (χ0v) is 14.8. The van der Waals surface area contributed by atoms with Crippen molar-refractivity contribution < 1.29 is 16.8 Å². The summed E-state index contributed by atoms with van der Waals surface area (Å²) < 4.78 is 52.2. The summed E-state index contributed by atoms with van der Waals surface area (Å²) in [5.74, 6) is 0. The number of halogens is 1. The summed E-state index contributed by atoms with van der Waals surface area (Å²) in [6.45, 7) is 1.76. The average Bonchev–Trinajstić information content (AvgIpc) is 2.42. The molecule has 2 rings (SSSR count). The van der Waals surface area contributed by atoms with E-state index in [9.17, 15) is 16.8 Å². The molecule has 23 heavy (non-hydrogen) atoms. The van der Waals surface area contributed by atoms with E-state index in [1.165, 1.54) is 24.3 Å². The molecule has 124 valence electrons. The zero-order chi connectivity index (χ0) is 17.3. The topological polar surface area (TPSA) is 92.3 Å². The SMILES string of the molecule is Cc1ccc(S(=O)(=O)Nc2ccccc2NS(C)(=O)=O)cc1Cl. The number of anilines is 2. The molecule has 6 nitrogen and oxygen atoms in total. The van der Waals surface area contributed by atoms with Crippen molar-refractivity contribution in [1.29, 1.82) is 0 Å². The van der Waals surface area contributed by atoms with Crippen LogP contribution in [0, 0.1) is 6.92 Å². The molecule has 0 atom stereocenters. The highest BCUT2D eigenvalue weighted by Gasteiger charge is 2.17. The second-order valence-corrected chi connectivity index (χ2v) is 8.77. The van der Waals surface area contributed by atoms with Crippen LogP contribution >= 0.6 is 11.6 Å². The highest BCUT2D eigenvalue weighted by Crippen LogP contribution is 2.26. The van der Waals surface area contributed by atoms with E-state index < -0.39 is 20.0 Å². The van der Waals surface area contributed by atoms with Gasteiger partial charge in [0.2, 0.25) is 10.0 Å². The lowest BCUT2D eigenvalue weighted by molar-refractivity contribution is 0.600. The van der Waals surface area contributed by atoms with Crippen molar-refractivity contribution in [1.82, 2.24) is 0 Å². The Balaban J connectivity index is 2.40.